The van der Waals surface area contributed by atoms with Crippen molar-refractivity contribution >= 4 is 21.7 Å². The summed E-state index contributed by atoms with van der Waals surface area (Å²) < 4.78 is 43.6. The minimum Gasteiger partial charge on any atom is -0.480 e. The highest BCUT2D eigenvalue weighted by Gasteiger charge is 2.21. The average molecular weight is 322 g/mol. The fourth-order valence-corrected chi connectivity index (χ4v) is 2.38. The van der Waals surface area contributed by atoms with Gasteiger partial charge in [0.25, 0.3) is 5.69 Å². The van der Waals surface area contributed by atoms with E-state index in [0.29, 0.717) is 6.07 Å². The molecule has 2 N–H and O–H groups in total. The molecule has 1 aromatic carbocycles. The lowest BCUT2D eigenvalue weighted by Gasteiger charge is -2.07. The first kappa shape index (κ1) is 16.9. The Kier molecular flexibility index (Phi) is 5.69. The number of nitro benzene ring substituents is 1. The first-order valence-electron chi connectivity index (χ1n) is 5.47. The molecule has 0 radical (unpaired) electrons. The van der Waals surface area contributed by atoms with Gasteiger partial charge >= 0.3 is 5.97 Å². The normalized spacial score (nSPS) is 11.3. The number of hydrogen-bond donors (Lipinski definition) is 2. The van der Waals surface area contributed by atoms with Crippen molar-refractivity contribution in [3.63, 3.8) is 0 Å². The number of halogens is 1. The minimum absolute atomic E-state index is 0.222. The van der Waals surface area contributed by atoms with Crippen molar-refractivity contribution < 1.29 is 32.4 Å². The number of nitrogens with zero attached hydrogens (tertiary/aromatic N) is 1. The number of nitro groups is 1. The van der Waals surface area contributed by atoms with Crippen LogP contribution in [0.25, 0.3) is 0 Å². The van der Waals surface area contributed by atoms with E-state index >= 15 is 0 Å². The van der Waals surface area contributed by atoms with Crippen LogP contribution in [0, 0.1) is 15.9 Å². The van der Waals surface area contributed by atoms with Crippen molar-refractivity contribution in [3.8, 4) is 0 Å². The van der Waals surface area contributed by atoms with Crippen LogP contribution >= 0.6 is 0 Å². The van der Waals surface area contributed by atoms with E-state index in [9.17, 15) is 27.7 Å². The third-order valence-electron chi connectivity index (χ3n) is 2.18. The Labute approximate surface area is 118 Å². The number of non-ortho nitro benzene ring substituents is 1. The van der Waals surface area contributed by atoms with E-state index in [2.05, 4.69) is 4.74 Å². The molecule has 0 saturated heterocycles. The number of carbonyl (C=O) groups is 1. The van der Waals surface area contributed by atoms with Gasteiger partial charge in [-0.15, -0.1) is 0 Å². The highest BCUT2D eigenvalue weighted by molar-refractivity contribution is 7.89. The lowest BCUT2D eigenvalue weighted by atomic mass is 10.3. The summed E-state index contributed by atoms with van der Waals surface area (Å²) in [5.74, 6) is -2.47. The molecule has 0 aliphatic carbocycles. The van der Waals surface area contributed by atoms with E-state index in [1.54, 1.807) is 0 Å². The lowest BCUT2D eigenvalue weighted by molar-refractivity contribution is -0.385. The van der Waals surface area contributed by atoms with Crippen LogP contribution in [0.5, 0.6) is 0 Å². The molecule has 0 bridgehead atoms. The first-order chi connectivity index (χ1) is 9.74. The molecule has 11 heteroatoms. The van der Waals surface area contributed by atoms with Crippen LogP contribution in [0.3, 0.4) is 0 Å². The highest BCUT2D eigenvalue weighted by atomic mass is 32.2. The van der Waals surface area contributed by atoms with Gasteiger partial charge < -0.3 is 9.84 Å². The molecule has 116 valence electrons. The summed E-state index contributed by atoms with van der Waals surface area (Å²) >= 11 is 0. The number of carboxylic acids is 1. The number of benzene rings is 1. The second-order valence-electron chi connectivity index (χ2n) is 3.72. The van der Waals surface area contributed by atoms with Crippen LogP contribution in [0.4, 0.5) is 10.1 Å². The number of ether oxygens (including phenoxy) is 1. The van der Waals surface area contributed by atoms with Crippen molar-refractivity contribution in [2.24, 2.45) is 0 Å². The number of carboxylic acid groups (broad SMARTS) is 1. The van der Waals surface area contributed by atoms with Crippen molar-refractivity contribution in [2.75, 3.05) is 19.8 Å². The maximum atomic E-state index is 13.6. The van der Waals surface area contributed by atoms with Gasteiger partial charge in [-0.2, -0.15) is 0 Å². The van der Waals surface area contributed by atoms with Crippen molar-refractivity contribution in [2.45, 2.75) is 4.90 Å². The highest BCUT2D eigenvalue weighted by Crippen LogP contribution is 2.20. The molecule has 0 spiro atoms. The Morgan fingerprint density at radius 3 is 2.67 bits per heavy atom. The SMILES string of the molecule is O=C(O)COCCNS(=O)(=O)c1ccc([N+](=O)[O-])cc1F. The molecule has 0 aromatic heterocycles. The van der Waals surface area contributed by atoms with Gasteiger partial charge in [0.2, 0.25) is 10.0 Å². The zero-order chi connectivity index (χ0) is 16.0. The summed E-state index contributed by atoms with van der Waals surface area (Å²) in [5.41, 5.74) is -0.573. The molecule has 0 fully saturated rings. The van der Waals surface area contributed by atoms with Gasteiger partial charge in [-0.25, -0.2) is 22.3 Å². The summed E-state index contributed by atoms with van der Waals surface area (Å²) in [6.45, 7) is -1.08. The molecule has 0 heterocycles. The number of aliphatic carboxylic acids is 1. The molecule has 0 amide bonds. The zero-order valence-electron chi connectivity index (χ0n) is 10.5. The smallest absolute Gasteiger partial charge is 0.329 e. The molecule has 0 saturated carbocycles. The van der Waals surface area contributed by atoms with E-state index in [1.165, 1.54) is 0 Å². The zero-order valence-corrected chi connectivity index (χ0v) is 11.3. The summed E-state index contributed by atoms with van der Waals surface area (Å²) in [6, 6.07) is 2.13. The van der Waals surface area contributed by atoms with Crippen LogP contribution in [0.1, 0.15) is 0 Å². The molecule has 9 nitrogen and oxygen atoms in total. The summed E-state index contributed by atoms with van der Waals surface area (Å²) in [4.78, 5) is 19.0. The largest absolute Gasteiger partial charge is 0.480 e. The molecule has 0 unspecified atom stereocenters. The van der Waals surface area contributed by atoms with Crippen LogP contribution in [-0.2, 0) is 19.6 Å². The standard InChI is InChI=1S/C10H11FN2O7S/c11-8-5-7(13(16)17)1-2-9(8)21(18,19)12-3-4-20-6-10(14)15/h1-2,5,12H,3-4,6H2,(H,14,15). The van der Waals surface area contributed by atoms with Crippen LogP contribution in [0.2, 0.25) is 0 Å². The van der Waals surface area contributed by atoms with Crippen LogP contribution < -0.4 is 4.72 Å². The van der Waals surface area contributed by atoms with Gasteiger partial charge in [-0.1, -0.05) is 0 Å². The molecule has 0 aliphatic rings. The van der Waals surface area contributed by atoms with E-state index in [1.807, 2.05) is 4.72 Å². The predicted molar refractivity (Wildman–Crippen MR) is 66.7 cm³/mol. The summed E-state index contributed by atoms with van der Waals surface area (Å²) in [7, 11) is -4.21. The van der Waals surface area contributed by atoms with Gasteiger partial charge in [0.1, 0.15) is 17.3 Å². The summed E-state index contributed by atoms with van der Waals surface area (Å²) in [5, 5.41) is 18.7. The Hall–Kier alpha value is -2.11. The quantitative estimate of drug-likeness (QED) is 0.394. The Balaban J connectivity index is 2.70. The number of hydrogen-bond acceptors (Lipinski definition) is 6. The van der Waals surface area contributed by atoms with Gasteiger partial charge in [0.15, 0.2) is 0 Å². The second-order valence-corrected chi connectivity index (χ2v) is 5.45. The van der Waals surface area contributed by atoms with Crippen LogP contribution in [0.15, 0.2) is 23.1 Å². The summed E-state index contributed by atoms with van der Waals surface area (Å²) in [6.07, 6.45) is 0. The van der Waals surface area contributed by atoms with E-state index in [4.69, 9.17) is 5.11 Å². The maximum absolute atomic E-state index is 13.6. The van der Waals surface area contributed by atoms with E-state index < -0.39 is 43.9 Å². The van der Waals surface area contributed by atoms with Crippen LogP contribution in [-0.4, -0.2) is 44.2 Å². The monoisotopic (exact) mass is 322 g/mol. The predicted octanol–water partition coefficient (Wildman–Crippen LogP) is 0.113. The van der Waals surface area contributed by atoms with E-state index in [0.717, 1.165) is 12.1 Å². The maximum Gasteiger partial charge on any atom is 0.329 e. The van der Waals surface area contributed by atoms with Crippen molar-refractivity contribution in [1.82, 2.24) is 4.72 Å². The molecule has 1 rings (SSSR count). The molecule has 0 aliphatic heterocycles. The Morgan fingerprint density at radius 1 is 1.48 bits per heavy atom. The van der Waals surface area contributed by atoms with Gasteiger partial charge in [0.05, 0.1) is 17.6 Å². The lowest BCUT2D eigenvalue weighted by Crippen LogP contribution is -2.28. The molecule has 1 aromatic rings. The Bertz CT molecular complexity index is 647. The number of rotatable bonds is 8. The van der Waals surface area contributed by atoms with E-state index in [-0.39, 0.29) is 13.2 Å². The topological polar surface area (TPSA) is 136 Å². The fourth-order valence-electron chi connectivity index (χ4n) is 1.31. The number of nitrogens with one attached hydrogen (secondary N) is 1. The number of sulfonamides is 1. The fraction of sp³-hybridized carbons (Fsp3) is 0.300. The third kappa shape index (κ3) is 5.06. The Morgan fingerprint density at radius 2 is 2.14 bits per heavy atom. The van der Waals surface area contributed by atoms with Crippen molar-refractivity contribution in [3.05, 3.63) is 34.1 Å². The molecule has 0 atom stereocenters. The van der Waals surface area contributed by atoms with Gasteiger partial charge in [0, 0.05) is 12.6 Å². The minimum atomic E-state index is -4.21. The molecular weight excluding hydrogens is 311 g/mol. The van der Waals surface area contributed by atoms with Gasteiger partial charge in [-0.05, 0) is 6.07 Å². The van der Waals surface area contributed by atoms with Crippen molar-refractivity contribution in [1.29, 1.82) is 0 Å². The first-order valence-corrected chi connectivity index (χ1v) is 6.95. The third-order valence-corrected chi connectivity index (χ3v) is 3.67. The molecule has 21 heavy (non-hydrogen) atoms. The second kappa shape index (κ2) is 7.06. The van der Waals surface area contributed by atoms with Gasteiger partial charge in [-0.3, -0.25) is 10.1 Å². The molecular formula is C10H11FN2O7S. The average Bonchev–Trinajstić information content (AvgIpc) is 2.37.